The minimum absolute atomic E-state index is 0.439. The standard InChI is InChI=1S/C14H7O3Si3/c18-15-12-7-10-5-8-3-1-2-4-9(8)6-11(10)13(16-19)14(12)17-20/h1-7H. The highest BCUT2D eigenvalue weighted by Crippen LogP contribution is 2.44. The molecule has 0 saturated heterocycles. The van der Waals surface area contributed by atoms with Gasteiger partial charge in [-0.1, -0.05) is 24.3 Å². The molecule has 3 nitrogen and oxygen atoms in total. The van der Waals surface area contributed by atoms with E-state index in [0.29, 0.717) is 17.2 Å². The van der Waals surface area contributed by atoms with Gasteiger partial charge in [-0.2, -0.15) is 0 Å². The minimum atomic E-state index is 0.439. The predicted molar refractivity (Wildman–Crippen MR) is 80.6 cm³/mol. The van der Waals surface area contributed by atoms with Gasteiger partial charge in [-0.05, 0) is 34.4 Å². The van der Waals surface area contributed by atoms with Crippen LogP contribution >= 0.6 is 0 Å². The Morgan fingerprint density at radius 3 is 1.90 bits per heavy atom. The molecule has 0 heterocycles. The average Bonchev–Trinajstić information content (AvgIpc) is 2.50. The molecule has 9 radical (unpaired) electrons. The summed E-state index contributed by atoms with van der Waals surface area (Å²) in [5.41, 5.74) is 0. The molecule has 3 rings (SSSR count). The largest absolute Gasteiger partial charge is 0.538 e. The van der Waals surface area contributed by atoms with Crippen LogP contribution in [0.3, 0.4) is 0 Å². The fourth-order valence-corrected chi connectivity index (χ4v) is 2.84. The van der Waals surface area contributed by atoms with E-state index in [9.17, 15) is 0 Å². The van der Waals surface area contributed by atoms with E-state index in [4.69, 9.17) is 13.3 Å². The van der Waals surface area contributed by atoms with Gasteiger partial charge in [0.25, 0.3) is 0 Å². The van der Waals surface area contributed by atoms with E-state index in [2.05, 4.69) is 49.7 Å². The first kappa shape index (κ1) is 13.2. The van der Waals surface area contributed by atoms with E-state index in [1.165, 1.54) is 0 Å². The zero-order chi connectivity index (χ0) is 14.1. The van der Waals surface area contributed by atoms with Crippen LogP contribution in [0.1, 0.15) is 0 Å². The second kappa shape index (κ2) is 5.31. The highest BCUT2D eigenvalue weighted by atomic mass is 28.2. The highest BCUT2D eigenvalue weighted by molar-refractivity contribution is 6.09. The van der Waals surface area contributed by atoms with Crippen LogP contribution in [0.15, 0.2) is 42.5 Å². The van der Waals surface area contributed by atoms with Gasteiger partial charge in [0.1, 0.15) is 5.75 Å². The van der Waals surface area contributed by atoms with Crippen molar-refractivity contribution >= 4 is 53.0 Å². The van der Waals surface area contributed by atoms with E-state index in [1.807, 2.05) is 24.3 Å². The van der Waals surface area contributed by atoms with Crippen molar-refractivity contribution in [1.29, 1.82) is 0 Å². The smallest absolute Gasteiger partial charge is 0.341 e. The number of benzene rings is 3. The summed E-state index contributed by atoms with van der Waals surface area (Å²) in [4.78, 5) is 0. The molecule has 93 valence electrons. The van der Waals surface area contributed by atoms with Crippen molar-refractivity contribution in [3.05, 3.63) is 42.5 Å². The van der Waals surface area contributed by atoms with Crippen molar-refractivity contribution in [3.63, 3.8) is 0 Å². The average molecular weight is 307 g/mol. The van der Waals surface area contributed by atoms with Gasteiger partial charge in [0, 0.05) is 5.39 Å². The minimum Gasteiger partial charge on any atom is -0.538 e. The topological polar surface area (TPSA) is 27.7 Å². The lowest BCUT2D eigenvalue weighted by atomic mass is 10.0. The van der Waals surface area contributed by atoms with E-state index in [0.717, 1.165) is 21.5 Å². The Morgan fingerprint density at radius 2 is 1.30 bits per heavy atom. The molecule has 0 aliphatic carbocycles. The quantitative estimate of drug-likeness (QED) is 0.549. The maximum Gasteiger partial charge on any atom is 0.341 e. The van der Waals surface area contributed by atoms with Gasteiger partial charge in [0.15, 0.2) is 11.5 Å². The first-order valence-electron chi connectivity index (χ1n) is 5.78. The third-order valence-corrected chi connectivity index (χ3v) is 3.82. The first-order chi connectivity index (χ1) is 9.78. The van der Waals surface area contributed by atoms with Crippen LogP contribution in [0.4, 0.5) is 0 Å². The third kappa shape index (κ3) is 2.01. The Morgan fingerprint density at radius 1 is 0.650 bits per heavy atom. The van der Waals surface area contributed by atoms with Crippen LogP contribution in [0.2, 0.25) is 0 Å². The van der Waals surface area contributed by atoms with Crippen molar-refractivity contribution in [3.8, 4) is 17.2 Å². The van der Waals surface area contributed by atoms with Gasteiger partial charge >= 0.3 is 31.5 Å². The van der Waals surface area contributed by atoms with E-state index < -0.39 is 0 Å². The lowest BCUT2D eigenvalue weighted by Gasteiger charge is -2.16. The van der Waals surface area contributed by atoms with Crippen LogP contribution in [-0.2, 0) is 0 Å². The van der Waals surface area contributed by atoms with Crippen LogP contribution in [0.5, 0.6) is 17.2 Å². The van der Waals surface area contributed by atoms with Gasteiger partial charge in [0.05, 0.1) is 0 Å². The van der Waals surface area contributed by atoms with E-state index in [1.54, 1.807) is 0 Å². The Kier molecular flexibility index (Phi) is 3.51. The molecule has 6 heteroatoms. The number of hydrogen-bond donors (Lipinski definition) is 0. The normalized spacial score (nSPS) is 10.8. The zero-order valence-corrected chi connectivity index (χ0v) is 13.3. The third-order valence-electron chi connectivity index (χ3n) is 3.19. The molecule has 0 saturated carbocycles. The Labute approximate surface area is 126 Å². The SMILES string of the molecule is [Si]Oc1cc2cc3ccccc3cc2c(O[Si])c1O[Si]. The van der Waals surface area contributed by atoms with Crippen molar-refractivity contribution in [2.45, 2.75) is 0 Å². The molecule has 0 N–H and O–H groups in total. The summed E-state index contributed by atoms with van der Waals surface area (Å²) in [6.07, 6.45) is 0. The van der Waals surface area contributed by atoms with E-state index in [-0.39, 0.29) is 0 Å². The predicted octanol–water partition coefficient (Wildman–Crippen LogP) is 2.38. The Hall–Kier alpha value is -1.77. The summed E-state index contributed by atoms with van der Waals surface area (Å²) in [5.74, 6) is 1.48. The fraction of sp³-hybridized carbons (Fsp3) is 0. The maximum atomic E-state index is 5.29. The molecule has 0 aliphatic rings. The summed E-state index contributed by atoms with van der Waals surface area (Å²) < 4.78 is 15.6. The molecule has 0 aliphatic heterocycles. The monoisotopic (exact) mass is 307 g/mol. The lowest BCUT2D eigenvalue weighted by molar-refractivity contribution is 0.508. The molecule has 0 fully saturated rings. The zero-order valence-electron chi connectivity index (χ0n) is 10.3. The second-order valence-electron chi connectivity index (χ2n) is 4.26. The van der Waals surface area contributed by atoms with Crippen LogP contribution < -0.4 is 13.3 Å². The molecule has 0 atom stereocenters. The molecular formula is C14H7O3Si3. The van der Waals surface area contributed by atoms with E-state index >= 15 is 0 Å². The van der Waals surface area contributed by atoms with Gasteiger partial charge in [-0.3, -0.25) is 0 Å². The summed E-state index contributed by atoms with van der Waals surface area (Å²) in [5, 5.41) is 4.17. The van der Waals surface area contributed by atoms with Gasteiger partial charge in [0.2, 0.25) is 0 Å². The molecule has 0 unspecified atom stereocenters. The van der Waals surface area contributed by atoms with Crippen LogP contribution in [-0.4, -0.2) is 31.5 Å². The molecular weight excluding hydrogens is 300 g/mol. The summed E-state index contributed by atoms with van der Waals surface area (Å²) in [7, 11) is 9.13. The first-order valence-corrected chi connectivity index (χ1v) is 7.01. The highest BCUT2D eigenvalue weighted by Gasteiger charge is 2.15. The number of rotatable bonds is 3. The Bertz CT molecular complexity index is 789. The number of fused-ring (bicyclic) bond motifs is 2. The molecule has 0 bridgehead atoms. The molecule has 0 spiro atoms. The molecule has 3 aromatic rings. The molecule has 3 aromatic carbocycles. The molecule has 0 aromatic heterocycles. The Balaban J connectivity index is 2.44. The lowest BCUT2D eigenvalue weighted by Crippen LogP contribution is -1.98. The van der Waals surface area contributed by atoms with Crippen molar-refractivity contribution in [2.75, 3.05) is 0 Å². The summed E-state index contributed by atoms with van der Waals surface area (Å²) >= 11 is 0. The van der Waals surface area contributed by atoms with Crippen LogP contribution in [0.25, 0.3) is 21.5 Å². The number of hydrogen-bond acceptors (Lipinski definition) is 3. The van der Waals surface area contributed by atoms with Crippen molar-refractivity contribution < 1.29 is 13.3 Å². The second-order valence-corrected chi connectivity index (χ2v) is 4.87. The van der Waals surface area contributed by atoms with Crippen LogP contribution in [0, 0.1) is 0 Å². The summed E-state index contributed by atoms with van der Waals surface area (Å²) in [6.45, 7) is 0. The maximum absolute atomic E-state index is 5.29. The van der Waals surface area contributed by atoms with Gasteiger partial charge in [-0.25, -0.2) is 0 Å². The fourth-order valence-electron chi connectivity index (χ4n) is 2.29. The molecule has 20 heavy (non-hydrogen) atoms. The van der Waals surface area contributed by atoms with Gasteiger partial charge < -0.3 is 13.3 Å². The van der Waals surface area contributed by atoms with Crippen molar-refractivity contribution in [1.82, 2.24) is 0 Å². The van der Waals surface area contributed by atoms with Crippen molar-refractivity contribution in [2.24, 2.45) is 0 Å². The summed E-state index contributed by atoms with van der Waals surface area (Å²) in [6, 6.07) is 14.1. The molecule has 0 amide bonds. The van der Waals surface area contributed by atoms with Gasteiger partial charge in [-0.15, -0.1) is 0 Å².